The van der Waals surface area contributed by atoms with Crippen molar-refractivity contribution >= 4 is 0 Å². The molecule has 1 aliphatic carbocycles. The lowest BCUT2D eigenvalue weighted by atomic mass is 9.73. The van der Waals surface area contributed by atoms with E-state index in [4.69, 9.17) is 15.0 Å². The topological polar surface area (TPSA) is 70.8 Å². The highest BCUT2D eigenvalue weighted by Gasteiger charge is 2.36. The fraction of sp³-hybridized carbons (Fsp3) is 0.593. The Hall–Kier alpha value is -2.50. The van der Waals surface area contributed by atoms with Crippen molar-refractivity contribution in [1.82, 2.24) is 15.3 Å². The van der Waals surface area contributed by atoms with E-state index in [-0.39, 0.29) is 5.41 Å². The van der Waals surface area contributed by atoms with Crippen LogP contribution >= 0.6 is 0 Å². The molecular weight excluding hydrogens is 453 g/mol. The Labute approximate surface area is 205 Å². The first-order valence-corrected chi connectivity index (χ1v) is 12.6. The van der Waals surface area contributed by atoms with E-state index >= 15 is 0 Å². The fourth-order valence-electron chi connectivity index (χ4n) is 5.15. The van der Waals surface area contributed by atoms with Crippen molar-refractivity contribution in [2.24, 2.45) is 0 Å². The Kier molecular flexibility index (Phi) is 8.40. The second kappa shape index (κ2) is 11.5. The quantitative estimate of drug-likeness (QED) is 0.484. The molecule has 0 aromatic carbocycles. The molecule has 1 aliphatic heterocycles. The number of pyridine rings is 2. The van der Waals surface area contributed by atoms with Gasteiger partial charge in [0, 0.05) is 43.3 Å². The highest BCUT2D eigenvalue weighted by Crippen LogP contribution is 2.40. The van der Waals surface area contributed by atoms with Gasteiger partial charge in [-0.05, 0) is 74.2 Å². The van der Waals surface area contributed by atoms with Crippen LogP contribution in [-0.4, -0.2) is 29.7 Å². The predicted octanol–water partition coefficient (Wildman–Crippen LogP) is 6.03. The first kappa shape index (κ1) is 25.6. The van der Waals surface area contributed by atoms with Crippen LogP contribution in [0.4, 0.5) is 13.2 Å². The molecule has 3 heterocycles. The number of hydrogen-bond donors (Lipinski definition) is 1. The van der Waals surface area contributed by atoms with Crippen molar-refractivity contribution in [3.63, 3.8) is 0 Å². The van der Waals surface area contributed by atoms with Crippen LogP contribution in [0.3, 0.4) is 0 Å². The number of nitriles is 1. The van der Waals surface area contributed by atoms with E-state index in [0.29, 0.717) is 31.2 Å². The molecule has 0 amide bonds. The summed E-state index contributed by atoms with van der Waals surface area (Å²) in [7, 11) is 0. The first-order valence-electron chi connectivity index (χ1n) is 12.6. The van der Waals surface area contributed by atoms with Crippen LogP contribution in [0.2, 0.25) is 0 Å². The standard InChI is InChI=1S/C27H33F3N4O/c28-27(29,30)25-23(16-31)15-20(18-34-25)17-32-12-10-26(9-2-1-3-13-35-14-11-26)24-8-7-22(19-33-24)21-5-4-6-21/h7-8,15,18-19,21,32H,1-6,9-14,17H2. The lowest BCUT2D eigenvalue weighted by Gasteiger charge is -2.34. The summed E-state index contributed by atoms with van der Waals surface area (Å²) in [5.41, 5.74) is 1.31. The molecular formula is C27H33F3N4O. The number of hydrogen-bond acceptors (Lipinski definition) is 5. The largest absolute Gasteiger partial charge is 0.434 e. The van der Waals surface area contributed by atoms with Crippen molar-refractivity contribution in [1.29, 1.82) is 5.26 Å². The SMILES string of the molecule is N#Cc1cc(CNCCC2(c3ccc(C4CCC4)cn3)CCCCCOCC2)cnc1C(F)(F)F. The van der Waals surface area contributed by atoms with E-state index in [9.17, 15) is 13.2 Å². The molecule has 188 valence electrons. The van der Waals surface area contributed by atoms with Gasteiger partial charge in [-0.25, -0.2) is 0 Å². The van der Waals surface area contributed by atoms with Crippen LogP contribution in [-0.2, 0) is 22.9 Å². The van der Waals surface area contributed by atoms with Gasteiger partial charge in [0.15, 0.2) is 5.69 Å². The van der Waals surface area contributed by atoms with Crippen molar-refractivity contribution in [3.8, 4) is 6.07 Å². The van der Waals surface area contributed by atoms with Gasteiger partial charge < -0.3 is 10.1 Å². The van der Waals surface area contributed by atoms with E-state index in [1.165, 1.54) is 37.1 Å². The summed E-state index contributed by atoms with van der Waals surface area (Å²) >= 11 is 0. The van der Waals surface area contributed by atoms with Gasteiger partial charge in [-0.3, -0.25) is 9.97 Å². The minimum atomic E-state index is -4.64. The smallest absolute Gasteiger partial charge is 0.381 e. The van der Waals surface area contributed by atoms with Gasteiger partial charge in [0.1, 0.15) is 6.07 Å². The van der Waals surface area contributed by atoms with E-state index in [2.05, 4.69) is 28.6 Å². The zero-order chi connectivity index (χ0) is 24.7. The molecule has 2 aromatic heterocycles. The molecule has 1 saturated carbocycles. The van der Waals surface area contributed by atoms with E-state index in [1.54, 1.807) is 6.07 Å². The Morgan fingerprint density at radius 2 is 1.91 bits per heavy atom. The van der Waals surface area contributed by atoms with Gasteiger partial charge >= 0.3 is 6.18 Å². The van der Waals surface area contributed by atoms with Crippen LogP contribution in [0.1, 0.15) is 91.8 Å². The van der Waals surface area contributed by atoms with Crippen LogP contribution in [0.25, 0.3) is 0 Å². The molecule has 5 nitrogen and oxygen atoms in total. The highest BCUT2D eigenvalue weighted by molar-refractivity contribution is 5.37. The zero-order valence-corrected chi connectivity index (χ0v) is 20.0. The molecule has 2 aliphatic rings. The van der Waals surface area contributed by atoms with Gasteiger partial charge in [-0.1, -0.05) is 25.3 Å². The summed E-state index contributed by atoms with van der Waals surface area (Å²) in [5, 5.41) is 12.5. The molecule has 4 rings (SSSR count). The lowest BCUT2D eigenvalue weighted by molar-refractivity contribution is -0.141. The van der Waals surface area contributed by atoms with Gasteiger partial charge in [0.2, 0.25) is 0 Å². The number of aromatic nitrogens is 2. The summed E-state index contributed by atoms with van der Waals surface area (Å²) < 4.78 is 44.9. The maximum absolute atomic E-state index is 13.0. The minimum absolute atomic E-state index is 0.105. The Morgan fingerprint density at radius 1 is 1.06 bits per heavy atom. The Morgan fingerprint density at radius 3 is 2.60 bits per heavy atom. The molecule has 1 atom stereocenters. The molecule has 0 radical (unpaired) electrons. The van der Waals surface area contributed by atoms with Crippen LogP contribution < -0.4 is 5.32 Å². The summed E-state index contributed by atoms with van der Waals surface area (Å²) in [6, 6.07) is 7.33. The van der Waals surface area contributed by atoms with Crippen molar-refractivity contribution in [3.05, 3.63) is 58.7 Å². The number of ether oxygens (including phenoxy) is 1. The Bertz CT molecular complexity index is 1000. The number of halogens is 3. The molecule has 0 bridgehead atoms. The third-order valence-corrected chi connectivity index (χ3v) is 7.52. The van der Waals surface area contributed by atoms with Crippen LogP contribution in [0.5, 0.6) is 0 Å². The number of alkyl halides is 3. The average Bonchev–Trinajstić information content (AvgIpc) is 2.93. The number of nitrogens with one attached hydrogen (secondary N) is 1. The third kappa shape index (κ3) is 6.39. The van der Waals surface area contributed by atoms with Gasteiger partial charge in [-0.2, -0.15) is 18.4 Å². The summed E-state index contributed by atoms with van der Waals surface area (Å²) in [4.78, 5) is 8.44. The van der Waals surface area contributed by atoms with E-state index in [1.807, 2.05) is 0 Å². The predicted molar refractivity (Wildman–Crippen MR) is 127 cm³/mol. The second-order valence-corrected chi connectivity index (χ2v) is 9.83. The number of nitrogens with zero attached hydrogens (tertiary/aromatic N) is 3. The molecule has 1 saturated heterocycles. The minimum Gasteiger partial charge on any atom is -0.381 e. The van der Waals surface area contributed by atoms with Crippen LogP contribution in [0, 0.1) is 11.3 Å². The average molecular weight is 487 g/mol. The van der Waals surface area contributed by atoms with Crippen molar-refractivity contribution in [2.75, 3.05) is 19.8 Å². The van der Waals surface area contributed by atoms with Gasteiger partial charge in [-0.15, -0.1) is 0 Å². The molecule has 8 heteroatoms. The van der Waals surface area contributed by atoms with E-state index < -0.39 is 17.4 Å². The second-order valence-electron chi connectivity index (χ2n) is 9.83. The van der Waals surface area contributed by atoms with Crippen LogP contribution in [0.15, 0.2) is 30.6 Å². The monoisotopic (exact) mass is 486 g/mol. The highest BCUT2D eigenvalue weighted by atomic mass is 19.4. The maximum atomic E-state index is 13.0. The normalized spacial score (nSPS) is 21.9. The number of rotatable bonds is 7. The molecule has 0 spiro atoms. The first-order chi connectivity index (χ1) is 16.9. The fourth-order valence-corrected chi connectivity index (χ4v) is 5.15. The zero-order valence-electron chi connectivity index (χ0n) is 20.0. The molecule has 35 heavy (non-hydrogen) atoms. The molecule has 2 fully saturated rings. The maximum Gasteiger partial charge on any atom is 0.434 e. The van der Waals surface area contributed by atoms with E-state index in [0.717, 1.165) is 50.8 Å². The van der Waals surface area contributed by atoms with Gasteiger partial charge in [0.05, 0.1) is 5.56 Å². The molecule has 1 unspecified atom stereocenters. The van der Waals surface area contributed by atoms with Crippen molar-refractivity contribution < 1.29 is 17.9 Å². The summed E-state index contributed by atoms with van der Waals surface area (Å²) in [6.45, 7) is 2.51. The summed E-state index contributed by atoms with van der Waals surface area (Å²) in [6.07, 6.45) is 8.50. The lowest BCUT2D eigenvalue weighted by Crippen LogP contribution is -2.33. The molecule has 1 N–H and O–H groups in total. The van der Waals surface area contributed by atoms with Crippen molar-refractivity contribution in [2.45, 2.75) is 81.8 Å². The summed E-state index contributed by atoms with van der Waals surface area (Å²) in [5.74, 6) is 0.647. The Balaban J connectivity index is 1.44. The third-order valence-electron chi connectivity index (χ3n) is 7.52. The van der Waals surface area contributed by atoms with Gasteiger partial charge in [0.25, 0.3) is 0 Å². The molecule has 2 aromatic rings.